The Kier molecular flexibility index (Phi) is 9.21. The van der Waals surface area contributed by atoms with Gasteiger partial charge in [0, 0.05) is 24.4 Å². The molecule has 0 aromatic heterocycles. The number of ether oxygens (including phenoxy) is 4. The molecule has 1 aromatic rings. The normalized spacial score (nSPS) is 19.3. The number of nitrogens with zero attached hydrogens (tertiary/aromatic N) is 3. The second kappa shape index (κ2) is 12.6. The number of rotatable bonds is 9. The van der Waals surface area contributed by atoms with Gasteiger partial charge in [0.1, 0.15) is 11.5 Å². The van der Waals surface area contributed by atoms with Gasteiger partial charge in [0.25, 0.3) is 0 Å². The van der Waals surface area contributed by atoms with E-state index in [0.717, 1.165) is 5.70 Å². The van der Waals surface area contributed by atoms with Gasteiger partial charge in [-0.15, -0.1) is 0 Å². The third-order valence-electron chi connectivity index (χ3n) is 7.03. The minimum Gasteiger partial charge on any atom is -0.497 e. The van der Waals surface area contributed by atoms with Gasteiger partial charge in [0.2, 0.25) is 5.91 Å². The number of carbonyl (C=O) groups excluding carboxylic acids is 3. The molecule has 39 heavy (non-hydrogen) atoms. The van der Waals surface area contributed by atoms with Gasteiger partial charge in [0.05, 0.1) is 57.1 Å². The van der Waals surface area contributed by atoms with E-state index in [2.05, 4.69) is 0 Å². The average Bonchev–Trinajstić information content (AvgIpc) is 3.33. The first-order chi connectivity index (χ1) is 18.8. The van der Waals surface area contributed by atoms with Crippen LogP contribution in [-0.2, 0) is 23.9 Å². The smallest absolute Gasteiger partial charge is 0.338 e. The van der Waals surface area contributed by atoms with E-state index < -0.39 is 12.0 Å². The van der Waals surface area contributed by atoms with Crippen molar-refractivity contribution < 1.29 is 33.3 Å². The molecule has 3 aliphatic rings. The van der Waals surface area contributed by atoms with Crippen molar-refractivity contribution in [2.75, 3.05) is 40.5 Å². The highest BCUT2D eigenvalue weighted by atomic mass is 32.2. The number of benzene rings is 1. The van der Waals surface area contributed by atoms with Crippen molar-refractivity contribution in [3.63, 3.8) is 0 Å². The van der Waals surface area contributed by atoms with Gasteiger partial charge in [-0.05, 0) is 57.2 Å². The van der Waals surface area contributed by atoms with Gasteiger partial charge in [-0.3, -0.25) is 9.59 Å². The summed E-state index contributed by atoms with van der Waals surface area (Å²) >= 11 is 1.41. The molecular formula is C28H35N3O7S. The van der Waals surface area contributed by atoms with Crippen molar-refractivity contribution in [2.45, 2.75) is 46.1 Å². The number of esters is 2. The lowest BCUT2D eigenvalue weighted by atomic mass is 9.92. The molecule has 0 N–H and O–H groups in total. The van der Waals surface area contributed by atoms with Crippen LogP contribution in [0.2, 0.25) is 0 Å². The SMILES string of the molecule is CCOC(=O)C1=C(C)N=C2SC=C(CC(=O)N3CCC(C(=O)OCC)CC3)N2[C@@H]1c1cc(OC)ccc1OC. The summed E-state index contributed by atoms with van der Waals surface area (Å²) in [4.78, 5) is 47.2. The maximum absolute atomic E-state index is 13.4. The number of fused-ring (bicyclic) bond motifs is 1. The van der Waals surface area contributed by atoms with Gasteiger partial charge < -0.3 is 28.7 Å². The van der Waals surface area contributed by atoms with E-state index in [4.69, 9.17) is 23.9 Å². The Labute approximate surface area is 233 Å². The lowest BCUT2D eigenvalue weighted by Crippen LogP contribution is -2.42. The molecule has 1 aromatic carbocycles. The number of carbonyl (C=O) groups is 3. The molecule has 0 aliphatic carbocycles. The molecule has 10 nitrogen and oxygen atoms in total. The number of methoxy groups -OCH3 is 2. The maximum atomic E-state index is 13.4. The van der Waals surface area contributed by atoms with Crippen LogP contribution in [0.25, 0.3) is 0 Å². The molecule has 0 saturated carbocycles. The lowest BCUT2D eigenvalue weighted by Gasteiger charge is -2.37. The summed E-state index contributed by atoms with van der Waals surface area (Å²) < 4.78 is 21.8. The van der Waals surface area contributed by atoms with Crippen molar-refractivity contribution in [1.29, 1.82) is 0 Å². The van der Waals surface area contributed by atoms with Gasteiger partial charge in [-0.1, -0.05) is 11.8 Å². The summed E-state index contributed by atoms with van der Waals surface area (Å²) in [6, 6.07) is 4.79. The number of hydrogen-bond donors (Lipinski definition) is 0. The van der Waals surface area contributed by atoms with Gasteiger partial charge in [0.15, 0.2) is 5.17 Å². The predicted molar refractivity (Wildman–Crippen MR) is 147 cm³/mol. The first kappa shape index (κ1) is 28.5. The highest BCUT2D eigenvalue weighted by Gasteiger charge is 2.43. The molecule has 4 rings (SSSR count). The van der Waals surface area contributed by atoms with Crippen molar-refractivity contribution in [1.82, 2.24) is 9.80 Å². The van der Waals surface area contributed by atoms with Crippen molar-refractivity contribution >= 4 is 34.8 Å². The van der Waals surface area contributed by atoms with E-state index >= 15 is 0 Å². The number of likely N-dealkylation sites (tertiary alicyclic amines) is 1. The third kappa shape index (κ3) is 5.93. The van der Waals surface area contributed by atoms with Crippen LogP contribution in [0.1, 0.15) is 51.6 Å². The molecule has 1 fully saturated rings. The van der Waals surface area contributed by atoms with Gasteiger partial charge in [-0.25, -0.2) is 9.79 Å². The minimum absolute atomic E-state index is 0.0503. The number of amidine groups is 1. The summed E-state index contributed by atoms with van der Waals surface area (Å²) in [5, 5.41) is 2.57. The Bertz CT molecular complexity index is 1220. The Morgan fingerprint density at radius 2 is 1.77 bits per heavy atom. The monoisotopic (exact) mass is 557 g/mol. The van der Waals surface area contributed by atoms with Gasteiger partial charge >= 0.3 is 11.9 Å². The fourth-order valence-corrected chi connectivity index (χ4v) is 6.04. The zero-order chi connectivity index (χ0) is 28.1. The zero-order valence-electron chi connectivity index (χ0n) is 23.0. The van der Waals surface area contributed by atoms with E-state index in [1.807, 2.05) is 16.4 Å². The first-order valence-corrected chi connectivity index (χ1v) is 14.0. The van der Waals surface area contributed by atoms with Gasteiger partial charge in [-0.2, -0.15) is 0 Å². The second-order valence-electron chi connectivity index (χ2n) is 9.31. The zero-order valence-corrected chi connectivity index (χ0v) is 23.8. The lowest BCUT2D eigenvalue weighted by molar-refractivity contribution is -0.151. The van der Waals surface area contributed by atoms with E-state index in [1.165, 1.54) is 11.8 Å². The molecule has 1 saturated heterocycles. The highest BCUT2D eigenvalue weighted by molar-refractivity contribution is 8.16. The van der Waals surface area contributed by atoms with Crippen LogP contribution in [-0.4, -0.2) is 73.3 Å². The number of hydrogen-bond acceptors (Lipinski definition) is 10. The molecule has 1 amide bonds. The predicted octanol–water partition coefficient (Wildman–Crippen LogP) is 4.03. The Morgan fingerprint density at radius 3 is 2.41 bits per heavy atom. The fraction of sp³-hybridized carbons (Fsp3) is 0.500. The number of allylic oxidation sites excluding steroid dienone is 1. The van der Waals surface area contributed by atoms with Crippen molar-refractivity contribution in [2.24, 2.45) is 10.9 Å². The summed E-state index contributed by atoms with van der Waals surface area (Å²) in [5.41, 5.74) is 2.34. The second-order valence-corrected chi connectivity index (χ2v) is 10.1. The molecule has 210 valence electrons. The molecule has 0 unspecified atom stereocenters. The van der Waals surface area contributed by atoms with E-state index in [0.29, 0.717) is 66.0 Å². The summed E-state index contributed by atoms with van der Waals surface area (Å²) in [6.45, 7) is 6.88. The molecule has 0 spiro atoms. The maximum Gasteiger partial charge on any atom is 0.338 e. The quantitative estimate of drug-likeness (QED) is 0.416. The van der Waals surface area contributed by atoms with Crippen molar-refractivity contribution in [3.05, 3.63) is 46.1 Å². The number of aliphatic imine (C=N–C) groups is 1. The number of thioether (sulfide) groups is 1. The average molecular weight is 558 g/mol. The summed E-state index contributed by atoms with van der Waals surface area (Å²) in [7, 11) is 3.15. The highest BCUT2D eigenvalue weighted by Crippen LogP contribution is 2.47. The van der Waals surface area contributed by atoms with Crippen LogP contribution in [0.15, 0.2) is 45.6 Å². The molecule has 1 atom stereocenters. The molecule has 3 heterocycles. The Morgan fingerprint density at radius 1 is 1.05 bits per heavy atom. The largest absolute Gasteiger partial charge is 0.497 e. The van der Waals surface area contributed by atoms with E-state index in [1.54, 1.807) is 52.0 Å². The van der Waals surface area contributed by atoms with E-state index in [9.17, 15) is 14.4 Å². The van der Waals surface area contributed by atoms with Crippen LogP contribution in [0.4, 0.5) is 0 Å². The standard InChI is InChI=1S/C28H35N3O7S/c1-6-37-26(33)18-10-12-30(13-11-18)23(32)14-19-16-39-28-29-17(3)24(27(34)38-7-2)25(31(19)28)21-15-20(35-4)8-9-22(21)36-5/h8-9,15-16,18,25H,6-7,10-14H2,1-5H3/t25-/m1/s1. The number of piperidine rings is 1. The molecule has 0 bridgehead atoms. The molecule has 0 radical (unpaired) electrons. The fourth-order valence-electron chi connectivity index (χ4n) is 5.08. The summed E-state index contributed by atoms with van der Waals surface area (Å²) in [5.74, 6) is 0.273. The molecule has 3 aliphatic heterocycles. The van der Waals surface area contributed by atoms with Crippen LogP contribution in [0, 0.1) is 5.92 Å². The molecule has 11 heteroatoms. The first-order valence-electron chi connectivity index (χ1n) is 13.1. The van der Waals surface area contributed by atoms with Crippen LogP contribution in [0.5, 0.6) is 11.5 Å². The Hall–Kier alpha value is -3.47. The third-order valence-corrected chi connectivity index (χ3v) is 7.92. The van der Waals surface area contributed by atoms with Crippen LogP contribution >= 0.6 is 11.8 Å². The van der Waals surface area contributed by atoms with Crippen LogP contribution in [0.3, 0.4) is 0 Å². The Balaban J connectivity index is 1.63. The number of amides is 1. The van der Waals surface area contributed by atoms with Crippen LogP contribution < -0.4 is 9.47 Å². The minimum atomic E-state index is -0.634. The molecular weight excluding hydrogens is 522 g/mol. The van der Waals surface area contributed by atoms with E-state index in [-0.39, 0.29) is 30.8 Å². The van der Waals surface area contributed by atoms with Crippen molar-refractivity contribution in [3.8, 4) is 11.5 Å². The summed E-state index contributed by atoms with van der Waals surface area (Å²) in [6.07, 6.45) is 1.27. The topological polar surface area (TPSA) is 107 Å².